The van der Waals surface area contributed by atoms with Crippen molar-refractivity contribution in [3.05, 3.63) is 76.6 Å². The second kappa shape index (κ2) is 19.5. The number of alkyl halides is 3. The van der Waals surface area contributed by atoms with Crippen LogP contribution >= 0.6 is 0 Å². The molecule has 2 saturated heterocycles. The van der Waals surface area contributed by atoms with Crippen LogP contribution in [0, 0.1) is 6.92 Å². The molecule has 3 aliphatic rings. The molecule has 0 spiro atoms. The number of anilines is 3. The molecule has 3 atom stereocenters. The number of aryl methyl sites for hydroxylation is 1. The number of hydrogen-bond donors (Lipinski definition) is 4. The van der Waals surface area contributed by atoms with Gasteiger partial charge in [0, 0.05) is 55.9 Å². The number of nitrogen functional groups attached to an aromatic ring is 1. The minimum Gasteiger partial charge on any atom is -0.493 e. The summed E-state index contributed by atoms with van der Waals surface area (Å²) in [6, 6.07) is 10.9. The van der Waals surface area contributed by atoms with Crippen LogP contribution in [0.1, 0.15) is 116 Å². The van der Waals surface area contributed by atoms with Crippen molar-refractivity contribution in [3.8, 4) is 11.5 Å². The van der Waals surface area contributed by atoms with Gasteiger partial charge in [0.25, 0.3) is 5.91 Å². The van der Waals surface area contributed by atoms with E-state index < -0.39 is 29.7 Å². The van der Waals surface area contributed by atoms with Gasteiger partial charge in [-0.15, -0.1) is 0 Å². The molecule has 4 heterocycles. The average molecular weight is 887 g/mol. The van der Waals surface area contributed by atoms with Gasteiger partial charge >= 0.3 is 6.18 Å². The molecule has 2 unspecified atom stereocenters. The monoisotopic (exact) mass is 886 g/mol. The Morgan fingerprint density at radius 1 is 0.969 bits per heavy atom. The van der Waals surface area contributed by atoms with Crippen LogP contribution in [-0.4, -0.2) is 81.6 Å². The molecular formula is C46H53F3N8O7. The number of unbranched alkanes of at least 4 members (excludes halogenated alkanes) is 5. The van der Waals surface area contributed by atoms with Gasteiger partial charge in [-0.05, 0) is 74.6 Å². The van der Waals surface area contributed by atoms with Gasteiger partial charge in [-0.2, -0.15) is 13.2 Å². The van der Waals surface area contributed by atoms with Gasteiger partial charge in [-0.25, -0.2) is 9.97 Å². The lowest BCUT2D eigenvalue weighted by molar-refractivity contribution is -0.138. The van der Waals surface area contributed by atoms with Crippen LogP contribution < -0.4 is 31.2 Å². The number of carbonyl (C=O) groups is 5. The molecule has 64 heavy (non-hydrogen) atoms. The van der Waals surface area contributed by atoms with Crippen molar-refractivity contribution < 1.29 is 46.6 Å². The Bertz CT molecular complexity index is 2450. The second-order valence-corrected chi connectivity index (χ2v) is 16.7. The molecule has 0 bridgehead atoms. The van der Waals surface area contributed by atoms with E-state index in [9.17, 15) is 37.1 Å². The highest BCUT2D eigenvalue weighted by atomic mass is 19.4. The Balaban J connectivity index is 0.834. The molecule has 0 radical (unpaired) electrons. The molecule has 2 fully saturated rings. The van der Waals surface area contributed by atoms with E-state index >= 15 is 0 Å². The molecule has 4 aromatic rings. The first-order chi connectivity index (χ1) is 30.6. The maximum atomic E-state index is 13.5. The summed E-state index contributed by atoms with van der Waals surface area (Å²) in [7, 11) is 1.52. The Morgan fingerprint density at radius 2 is 1.72 bits per heavy atom. The minimum absolute atomic E-state index is 0.00206. The average Bonchev–Trinajstić information content (AvgIpc) is 3.85. The van der Waals surface area contributed by atoms with Crippen LogP contribution in [0.3, 0.4) is 0 Å². The smallest absolute Gasteiger partial charge is 0.416 e. The van der Waals surface area contributed by atoms with Crippen LogP contribution in [0.5, 0.6) is 11.5 Å². The van der Waals surface area contributed by atoms with Crippen molar-refractivity contribution in [1.82, 2.24) is 25.1 Å². The van der Waals surface area contributed by atoms with Crippen LogP contribution in [-0.2, 0) is 31.9 Å². The fraction of sp³-hybridized carbons (Fsp3) is 0.457. The molecule has 3 aromatic carbocycles. The largest absolute Gasteiger partial charge is 0.493 e. The number of rotatable bonds is 17. The summed E-state index contributed by atoms with van der Waals surface area (Å²) >= 11 is 0. The number of fused-ring (bicyclic) bond motifs is 2. The Morgan fingerprint density at radius 3 is 2.45 bits per heavy atom. The van der Waals surface area contributed by atoms with Gasteiger partial charge in [-0.3, -0.25) is 29.3 Å². The molecule has 5 amide bonds. The van der Waals surface area contributed by atoms with E-state index in [-0.39, 0.29) is 54.8 Å². The molecule has 5 N–H and O–H groups in total. The van der Waals surface area contributed by atoms with Gasteiger partial charge in [0.1, 0.15) is 23.8 Å². The zero-order chi connectivity index (χ0) is 45.7. The number of imide groups is 1. The molecule has 15 nitrogen and oxygen atoms in total. The molecule has 0 saturated carbocycles. The zero-order valence-corrected chi connectivity index (χ0v) is 36.1. The topological polar surface area (TPSA) is 198 Å². The van der Waals surface area contributed by atoms with Gasteiger partial charge in [0.05, 0.1) is 42.0 Å². The predicted molar refractivity (Wildman–Crippen MR) is 232 cm³/mol. The quantitative estimate of drug-likeness (QED) is 0.0475. The highest BCUT2D eigenvalue weighted by molar-refractivity contribution is 6.09. The third kappa shape index (κ3) is 10.7. The number of methoxy groups -OCH3 is 1. The van der Waals surface area contributed by atoms with Gasteiger partial charge in [0.15, 0.2) is 11.5 Å². The number of carbonyl (C=O) groups excluding carboxylic acids is 5. The van der Waals surface area contributed by atoms with Crippen molar-refractivity contribution in [2.45, 2.75) is 115 Å². The first-order valence-electron chi connectivity index (χ1n) is 21.7. The first-order valence-corrected chi connectivity index (χ1v) is 21.7. The van der Waals surface area contributed by atoms with Crippen LogP contribution in [0.25, 0.3) is 10.9 Å². The Hall–Kier alpha value is -6.46. The van der Waals surface area contributed by atoms with Gasteiger partial charge < -0.3 is 35.6 Å². The van der Waals surface area contributed by atoms with Crippen molar-refractivity contribution in [2.24, 2.45) is 0 Å². The lowest BCUT2D eigenvalue weighted by atomic mass is 10.0. The lowest BCUT2D eigenvalue weighted by Gasteiger charge is -2.29. The third-order valence-corrected chi connectivity index (χ3v) is 11.9. The standard InChI is InChI=1S/C46H53F3N8O7/c1-26(29-19-30(46(47,48)49)21-31(50)20-29)51-43-33-22-38(37(63-3)23-35(33)52-27(2)53-43)64-32-17-18-56(25-32)41(60)14-9-7-5-4-6-8-13-39(58)54-34-12-10-11-28-24-57(45(62)42(28)34)36-15-16-40(59)55-44(36)61/h10-12,19-23,26,32,36H,4-9,13-18,24-25,50H2,1-3H3,(H,54,58)(H,51,52,53)(H,55,59,61)/t26-,32?,36?/m1/s1. The number of likely N-dealkylation sites (tertiary alicyclic amines) is 1. The Kier molecular flexibility index (Phi) is 13.9. The molecule has 7 rings (SSSR count). The molecule has 18 heteroatoms. The SMILES string of the molecule is COc1cc2nc(C)nc(N[C@H](C)c3cc(N)cc(C(F)(F)F)c3)c2cc1OC1CCN(C(=O)CCCCCCCCC(=O)Nc2cccc3c2C(=O)N(C2CCC(=O)NC2=O)C3)C1. The number of amides is 5. The number of nitrogens with two attached hydrogens (primary N) is 1. The van der Waals surface area contributed by atoms with Crippen molar-refractivity contribution in [3.63, 3.8) is 0 Å². The second-order valence-electron chi connectivity index (χ2n) is 16.7. The van der Waals surface area contributed by atoms with Crippen LogP contribution in [0.2, 0.25) is 0 Å². The number of piperidine rings is 1. The minimum atomic E-state index is -4.55. The molecule has 0 aliphatic carbocycles. The fourth-order valence-corrected chi connectivity index (χ4v) is 8.58. The zero-order valence-electron chi connectivity index (χ0n) is 36.1. The first kappa shape index (κ1) is 45.6. The summed E-state index contributed by atoms with van der Waals surface area (Å²) in [5.74, 6) is 0.403. The lowest BCUT2D eigenvalue weighted by Crippen LogP contribution is -2.52. The summed E-state index contributed by atoms with van der Waals surface area (Å²) in [6.45, 7) is 4.63. The van der Waals surface area contributed by atoms with Gasteiger partial charge in [0.2, 0.25) is 23.6 Å². The Labute approximate surface area is 368 Å². The van der Waals surface area contributed by atoms with E-state index in [0.29, 0.717) is 89.6 Å². The molecule has 1 aromatic heterocycles. The van der Waals surface area contributed by atoms with E-state index in [1.54, 1.807) is 49.1 Å². The number of halogens is 3. The molecule has 3 aliphatic heterocycles. The summed E-state index contributed by atoms with van der Waals surface area (Å²) < 4.78 is 52.7. The van der Waals surface area contributed by atoms with Crippen molar-refractivity contribution in [2.75, 3.05) is 36.6 Å². The number of nitrogens with one attached hydrogen (secondary N) is 3. The highest BCUT2D eigenvalue weighted by Crippen LogP contribution is 2.38. The summed E-state index contributed by atoms with van der Waals surface area (Å²) in [5, 5.41) is 8.99. The fourth-order valence-electron chi connectivity index (χ4n) is 8.58. The number of nitrogens with zero attached hydrogens (tertiary/aromatic N) is 4. The van der Waals surface area contributed by atoms with E-state index in [0.717, 1.165) is 49.8 Å². The predicted octanol–water partition coefficient (Wildman–Crippen LogP) is 7.22. The number of aromatic nitrogens is 2. The maximum Gasteiger partial charge on any atom is 0.416 e. The highest BCUT2D eigenvalue weighted by Gasteiger charge is 2.40. The number of hydrogen-bond acceptors (Lipinski definition) is 11. The van der Waals surface area contributed by atoms with E-state index in [1.165, 1.54) is 18.1 Å². The third-order valence-electron chi connectivity index (χ3n) is 11.9. The molecule has 340 valence electrons. The number of benzene rings is 3. The van der Waals surface area contributed by atoms with Crippen molar-refractivity contribution >= 4 is 57.6 Å². The summed E-state index contributed by atoms with van der Waals surface area (Å²) in [5.41, 5.74) is 7.41. The van der Waals surface area contributed by atoms with Crippen LogP contribution in [0.4, 0.5) is 30.4 Å². The molecular weight excluding hydrogens is 834 g/mol. The number of ether oxygens (including phenoxy) is 2. The van der Waals surface area contributed by atoms with Gasteiger partial charge in [-0.1, -0.05) is 37.8 Å². The van der Waals surface area contributed by atoms with E-state index in [1.807, 2.05) is 0 Å². The summed E-state index contributed by atoms with van der Waals surface area (Å²) in [4.78, 5) is 75.7. The normalized spacial score (nSPS) is 17.9. The van der Waals surface area contributed by atoms with Crippen molar-refractivity contribution in [1.29, 1.82) is 0 Å². The van der Waals surface area contributed by atoms with E-state index in [2.05, 4.69) is 25.9 Å². The summed E-state index contributed by atoms with van der Waals surface area (Å²) in [6.07, 6.45) is 1.87. The van der Waals surface area contributed by atoms with E-state index in [4.69, 9.17) is 15.2 Å². The maximum absolute atomic E-state index is 13.5. The van der Waals surface area contributed by atoms with Crippen LogP contribution in [0.15, 0.2) is 48.5 Å².